The van der Waals surface area contributed by atoms with Gasteiger partial charge >= 0.3 is 0 Å². The van der Waals surface area contributed by atoms with Crippen molar-refractivity contribution in [1.29, 1.82) is 0 Å². The summed E-state index contributed by atoms with van der Waals surface area (Å²) < 4.78 is 24.4. The first-order valence-corrected chi connectivity index (χ1v) is 8.25. The zero-order chi connectivity index (χ0) is 13.3. The summed E-state index contributed by atoms with van der Waals surface area (Å²) >= 11 is 6.07. The molecular formula is C13H18ClNO2S. The zero-order valence-electron chi connectivity index (χ0n) is 10.6. The van der Waals surface area contributed by atoms with Gasteiger partial charge in [0.15, 0.2) is 9.84 Å². The fraction of sp³-hybridized carbons (Fsp3) is 0.538. The summed E-state index contributed by atoms with van der Waals surface area (Å²) in [6.45, 7) is 4.94. The molecule has 0 spiro atoms. The summed E-state index contributed by atoms with van der Waals surface area (Å²) in [6.07, 6.45) is 1.02. The molecule has 0 amide bonds. The second kappa shape index (κ2) is 5.19. The maximum Gasteiger partial charge on any atom is 0.180 e. The Balaban J connectivity index is 2.52. The molecule has 1 heterocycles. The fourth-order valence-corrected chi connectivity index (χ4v) is 5.05. The molecular weight excluding hydrogens is 270 g/mol. The van der Waals surface area contributed by atoms with Crippen LogP contribution >= 0.6 is 11.6 Å². The van der Waals surface area contributed by atoms with Gasteiger partial charge < -0.3 is 5.32 Å². The first-order valence-electron chi connectivity index (χ1n) is 6.22. The number of sulfone groups is 1. The normalized spacial score (nSPS) is 25.7. The molecule has 2 atom stereocenters. The number of halogens is 1. The van der Waals surface area contributed by atoms with Crippen molar-refractivity contribution in [1.82, 2.24) is 5.32 Å². The highest BCUT2D eigenvalue weighted by Gasteiger charge is 2.36. The lowest BCUT2D eigenvalue weighted by atomic mass is 9.95. The van der Waals surface area contributed by atoms with E-state index in [4.69, 9.17) is 11.6 Å². The first-order chi connectivity index (χ1) is 8.47. The standard InChI is InChI=1S/C13H18ClNO2S/c1-3-7-15-12-9(2)8-18(16,17)13-10(12)5-4-6-11(13)14/h4-6,9,12,15H,3,7-8H2,1-2H3. The molecule has 0 radical (unpaired) electrons. The molecule has 2 unspecified atom stereocenters. The van der Waals surface area contributed by atoms with Gasteiger partial charge in [0.1, 0.15) is 0 Å². The summed E-state index contributed by atoms with van der Waals surface area (Å²) in [5.74, 6) is 0.220. The Kier molecular flexibility index (Phi) is 3.99. The van der Waals surface area contributed by atoms with Crippen LogP contribution in [0.4, 0.5) is 0 Å². The van der Waals surface area contributed by atoms with Crippen LogP contribution in [0.5, 0.6) is 0 Å². The van der Waals surface area contributed by atoms with Crippen LogP contribution in [0.3, 0.4) is 0 Å². The number of rotatable bonds is 3. The number of hydrogen-bond acceptors (Lipinski definition) is 3. The van der Waals surface area contributed by atoms with Gasteiger partial charge in [0.2, 0.25) is 0 Å². The summed E-state index contributed by atoms with van der Waals surface area (Å²) in [5, 5.41) is 3.75. The van der Waals surface area contributed by atoms with Crippen molar-refractivity contribution in [2.24, 2.45) is 5.92 Å². The monoisotopic (exact) mass is 287 g/mol. The van der Waals surface area contributed by atoms with E-state index in [0.29, 0.717) is 9.92 Å². The number of nitrogens with one attached hydrogen (secondary N) is 1. The van der Waals surface area contributed by atoms with Crippen LogP contribution in [-0.4, -0.2) is 20.7 Å². The van der Waals surface area contributed by atoms with Gasteiger partial charge in [0.05, 0.1) is 15.7 Å². The van der Waals surface area contributed by atoms with E-state index >= 15 is 0 Å². The Morgan fingerprint density at radius 2 is 2.17 bits per heavy atom. The van der Waals surface area contributed by atoms with E-state index in [1.807, 2.05) is 19.1 Å². The molecule has 3 nitrogen and oxygen atoms in total. The van der Waals surface area contributed by atoms with Crippen molar-refractivity contribution in [3.63, 3.8) is 0 Å². The van der Waals surface area contributed by atoms with Crippen LogP contribution in [0.25, 0.3) is 0 Å². The van der Waals surface area contributed by atoms with E-state index in [0.717, 1.165) is 18.5 Å². The van der Waals surface area contributed by atoms with E-state index in [9.17, 15) is 8.42 Å². The predicted octanol–water partition coefficient (Wildman–Crippen LogP) is 2.80. The van der Waals surface area contributed by atoms with Gasteiger partial charge in [-0.25, -0.2) is 8.42 Å². The lowest BCUT2D eigenvalue weighted by Crippen LogP contribution is -2.36. The minimum Gasteiger partial charge on any atom is -0.310 e. The summed E-state index contributed by atoms with van der Waals surface area (Å²) in [7, 11) is -3.25. The molecule has 0 aromatic heterocycles. The molecule has 1 aromatic rings. The zero-order valence-corrected chi connectivity index (χ0v) is 12.2. The van der Waals surface area contributed by atoms with Crippen molar-refractivity contribution >= 4 is 21.4 Å². The van der Waals surface area contributed by atoms with E-state index < -0.39 is 9.84 Å². The highest BCUT2D eigenvalue weighted by molar-refractivity contribution is 7.91. The number of hydrogen-bond donors (Lipinski definition) is 1. The molecule has 0 aliphatic carbocycles. The lowest BCUT2D eigenvalue weighted by molar-refractivity contribution is 0.396. The highest BCUT2D eigenvalue weighted by Crippen LogP contribution is 2.39. The maximum atomic E-state index is 12.2. The van der Waals surface area contributed by atoms with Gasteiger partial charge in [0.25, 0.3) is 0 Å². The second-order valence-electron chi connectivity index (χ2n) is 4.85. The first kappa shape index (κ1) is 13.8. The average molecular weight is 288 g/mol. The van der Waals surface area contributed by atoms with E-state index in [1.54, 1.807) is 6.07 Å². The molecule has 5 heteroatoms. The molecule has 1 N–H and O–H groups in total. The highest BCUT2D eigenvalue weighted by atomic mass is 35.5. The van der Waals surface area contributed by atoms with Gasteiger partial charge in [-0.05, 0) is 30.5 Å². The van der Waals surface area contributed by atoms with E-state index in [2.05, 4.69) is 12.2 Å². The van der Waals surface area contributed by atoms with Crippen LogP contribution in [0.15, 0.2) is 23.1 Å². The smallest absolute Gasteiger partial charge is 0.180 e. The predicted molar refractivity (Wildman–Crippen MR) is 73.7 cm³/mol. The van der Waals surface area contributed by atoms with Crippen molar-refractivity contribution in [2.75, 3.05) is 12.3 Å². The molecule has 0 saturated heterocycles. The third-order valence-electron chi connectivity index (χ3n) is 3.31. The van der Waals surface area contributed by atoms with Crippen LogP contribution in [0.2, 0.25) is 5.02 Å². The third-order valence-corrected chi connectivity index (χ3v) is 5.78. The summed E-state index contributed by atoms with van der Waals surface area (Å²) in [5.41, 5.74) is 0.815. The SMILES string of the molecule is CCCNC1c2cccc(Cl)c2S(=O)(=O)CC1C. The summed E-state index contributed by atoms with van der Waals surface area (Å²) in [4.78, 5) is 0.318. The van der Waals surface area contributed by atoms with Crippen LogP contribution in [0.1, 0.15) is 31.9 Å². The minimum atomic E-state index is -3.25. The average Bonchev–Trinajstić information content (AvgIpc) is 2.27. The quantitative estimate of drug-likeness (QED) is 0.930. The number of fused-ring (bicyclic) bond motifs is 1. The van der Waals surface area contributed by atoms with Crippen molar-refractivity contribution in [2.45, 2.75) is 31.2 Å². The second-order valence-corrected chi connectivity index (χ2v) is 7.23. The van der Waals surface area contributed by atoms with Gasteiger partial charge in [-0.3, -0.25) is 0 Å². The summed E-state index contributed by atoms with van der Waals surface area (Å²) in [6, 6.07) is 5.39. The van der Waals surface area contributed by atoms with Crippen LogP contribution < -0.4 is 5.32 Å². The number of benzene rings is 1. The molecule has 2 rings (SSSR count). The van der Waals surface area contributed by atoms with E-state index in [1.165, 1.54) is 0 Å². The van der Waals surface area contributed by atoms with Crippen LogP contribution in [-0.2, 0) is 9.84 Å². The van der Waals surface area contributed by atoms with Crippen molar-refractivity contribution < 1.29 is 8.42 Å². The molecule has 0 saturated carbocycles. The van der Waals surface area contributed by atoms with Crippen molar-refractivity contribution in [3.8, 4) is 0 Å². The largest absolute Gasteiger partial charge is 0.310 e. The fourth-order valence-electron chi connectivity index (χ4n) is 2.54. The van der Waals surface area contributed by atoms with Crippen LogP contribution in [0, 0.1) is 5.92 Å². The molecule has 0 fully saturated rings. The van der Waals surface area contributed by atoms with Gasteiger partial charge in [-0.2, -0.15) is 0 Å². The molecule has 1 aliphatic rings. The molecule has 1 aromatic carbocycles. The Labute approximate surface area is 113 Å². The van der Waals surface area contributed by atoms with Gasteiger partial charge in [-0.1, -0.05) is 37.6 Å². The van der Waals surface area contributed by atoms with Crippen molar-refractivity contribution in [3.05, 3.63) is 28.8 Å². The Bertz CT molecular complexity index is 542. The maximum absolute atomic E-state index is 12.2. The Hall–Kier alpha value is -0.580. The van der Waals surface area contributed by atoms with E-state index in [-0.39, 0.29) is 17.7 Å². The third kappa shape index (κ3) is 2.42. The van der Waals surface area contributed by atoms with Gasteiger partial charge in [0, 0.05) is 6.04 Å². The molecule has 18 heavy (non-hydrogen) atoms. The lowest BCUT2D eigenvalue weighted by Gasteiger charge is -2.32. The Morgan fingerprint density at radius 3 is 2.83 bits per heavy atom. The molecule has 100 valence electrons. The Morgan fingerprint density at radius 1 is 1.44 bits per heavy atom. The molecule has 1 aliphatic heterocycles. The molecule has 0 bridgehead atoms. The minimum absolute atomic E-state index is 0.0625. The topological polar surface area (TPSA) is 46.2 Å². The van der Waals surface area contributed by atoms with Gasteiger partial charge in [-0.15, -0.1) is 0 Å².